The SMILES string of the molecule is CNCCc1nc(-c2ccccc2Br)c(C)[nH]1. The summed E-state index contributed by atoms with van der Waals surface area (Å²) in [6.45, 7) is 2.99. The number of hydrogen-bond acceptors (Lipinski definition) is 2. The molecule has 0 atom stereocenters. The summed E-state index contributed by atoms with van der Waals surface area (Å²) in [5, 5.41) is 3.13. The van der Waals surface area contributed by atoms with E-state index in [1.807, 2.05) is 25.2 Å². The van der Waals surface area contributed by atoms with E-state index in [2.05, 4.69) is 44.2 Å². The van der Waals surface area contributed by atoms with Crippen LogP contribution in [0.2, 0.25) is 0 Å². The molecular formula is C13H16BrN3. The fourth-order valence-electron chi connectivity index (χ4n) is 1.80. The normalized spacial score (nSPS) is 10.8. The van der Waals surface area contributed by atoms with Crippen LogP contribution in [0.1, 0.15) is 11.5 Å². The van der Waals surface area contributed by atoms with E-state index >= 15 is 0 Å². The van der Waals surface area contributed by atoms with Crippen molar-refractivity contribution in [3.63, 3.8) is 0 Å². The van der Waals surface area contributed by atoms with Crippen LogP contribution in [-0.2, 0) is 6.42 Å². The van der Waals surface area contributed by atoms with Gasteiger partial charge in [0, 0.05) is 28.7 Å². The van der Waals surface area contributed by atoms with Gasteiger partial charge in [0.15, 0.2) is 0 Å². The van der Waals surface area contributed by atoms with Crippen LogP contribution in [0.3, 0.4) is 0 Å². The lowest BCUT2D eigenvalue weighted by molar-refractivity contribution is 0.763. The first-order valence-electron chi connectivity index (χ1n) is 5.67. The first kappa shape index (κ1) is 12.3. The predicted molar refractivity (Wildman–Crippen MR) is 74.1 cm³/mol. The van der Waals surface area contributed by atoms with Gasteiger partial charge in [0.2, 0.25) is 0 Å². The minimum atomic E-state index is 0.918. The number of nitrogens with zero attached hydrogens (tertiary/aromatic N) is 1. The van der Waals surface area contributed by atoms with Crippen LogP contribution < -0.4 is 5.32 Å². The topological polar surface area (TPSA) is 40.7 Å². The van der Waals surface area contributed by atoms with Crippen LogP contribution in [-0.4, -0.2) is 23.6 Å². The second-order valence-corrected chi connectivity index (χ2v) is 4.84. The molecule has 2 rings (SSSR count). The number of aromatic amines is 1. The van der Waals surface area contributed by atoms with Crippen molar-refractivity contribution >= 4 is 15.9 Å². The number of nitrogens with one attached hydrogen (secondary N) is 2. The number of imidazole rings is 1. The molecule has 0 saturated carbocycles. The van der Waals surface area contributed by atoms with E-state index in [4.69, 9.17) is 0 Å². The zero-order valence-electron chi connectivity index (χ0n) is 10.0. The predicted octanol–water partition coefficient (Wildman–Crippen LogP) is 2.91. The molecule has 0 amide bonds. The van der Waals surface area contributed by atoms with Crippen LogP contribution in [0.25, 0.3) is 11.3 Å². The Morgan fingerprint density at radius 2 is 2.12 bits per heavy atom. The van der Waals surface area contributed by atoms with Gasteiger partial charge >= 0.3 is 0 Å². The van der Waals surface area contributed by atoms with Gasteiger partial charge in [-0.25, -0.2) is 4.98 Å². The number of rotatable bonds is 4. The molecular weight excluding hydrogens is 278 g/mol. The van der Waals surface area contributed by atoms with Crippen molar-refractivity contribution in [2.75, 3.05) is 13.6 Å². The third-order valence-electron chi connectivity index (χ3n) is 2.67. The van der Waals surface area contributed by atoms with E-state index in [9.17, 15) is 0 Å². The van der Waals surface area contributed by atoms with Crippen LogP contribution in [0.4, 0.5) is 0 Å². The number of aromatic nitrogens is 2. The third-order valence-corrected chi connectivity index (χ3v) is 3.37. The quantitative estimate of drug-likeness (QED) is 0.910. The summed E-state index contributed by atoms with van der Waals surface area (Å²) in [6.07, 6.45) is 0.918. The first-order chi connectivity index (χ1) is 8.22. The summed E-state index contributed by atoms with van der Waals surface area (Å²) in [5.74, 6) is 1.03. The molecule has 0 spiro atoms. The zero-order chi connectivity index (χ0) is 12.3. The van der Waals surface area contributed by atoms with Gasteiger partial charge in [-0.2, -0.15) is 0 Å². The number of halogens is 1. The molecule has 1 heterocycles. The van der Waals surface area contributed by atoms with Crippen molar-refractivity contribution in [3.8, 4) is 11.3 Å². The van der Waals surface area contributed by atoms with Gasteiger partial charge in [-0.05, 0) is 20.0 Å². The summed E-state index contributed by atoms with van der Waals surface area (Å²) >= 11 is 3.56. The Hall–Kier alpha value is -1.13. The summed E-state index contributed by atoms with van der Waals surface area (Å²) in [5.41, 5.74) is 3.28. The van der Waals surface area contributed by atoms with Crippen LogP contribution in [0.15, 0.2) is 28.7 Å². The van der Waals surface area contributed by atoms with Gasteiger partial charge in [-0.15, -0.1) is 0 Å². The average molecular weight is 294 g/mol. The van der Waals surface area contributed by atoms with Crippen LogP contribution >= 0.6 is 15.9 Å². The highest BCUT2D eigenvalue weighted by atomic mass is 79.9. The molecule has 0 saturated heterocycles. The molecule has 2 N–H and O–H groups in total. The van der Waals surface area contributed by atoms with Crippen molar-refractivity contribution in [1.29, 1.82) is 0 Å². The Morgan fingerprint density at radius 3 is 2.82 bits per heavy atom. The van der Waals surface area contributed by atoms with Crippen molar-refractivity contribution in [3.05, 3.63) is 40.3 Å². The zero-order valence-corrected chi connectivity index (χ0v) is 11.6. The summed E-state index contributed by atoms with van der Waals surface area (Å²) in [4.78, 5) is 7.99. The molecule has 2 aromatic rings. The number of H-pyrrole nitrogens is 1. The summed E-state index contributed by atoms with van der Waals surface area (Å²) < 4.78 is 1.08. The summed E-state index contributed by atoms with van der Waals surface area (Å²) in [7, 11) is 1.95. The number of benzene rings is 1. The lowest BCUT2D eigenvalue weighted by Gasteiger charge is -2.01. The van der Waals surface area contributed by atoms with Gasteiger partial charge in [0.25, 0.3) is 0 Å². The molecule has 0 aliphatic rings. The standard InChI is InChI=1S/C13H16BrN3/c1-9-13(10-5-3-4-6-11(10)14)17-12(16-9)7-8-15-2/h3-6,15H,7-8H2,1-2H3,(H,16,17). The molecule has 0 bridgehead atoms. The Bertz CT molecular complexity index is 505. The number of likely N-dealkylation sites (N-methyl/N-ethyl adjacent to an activating group) is 1. The highest BCUT2D eigenvalue weighted by Crippen LogP contribution is 2.28. The highest BCUT2D eigenvalue weighted by molar-refractivity contribution is 9.10. The van der Waals surface area contributed by atoms with E-state index in [0.29, 0.717) is 0 Å². The molecule has 0 aliphatic heterocycles. The van der Waals surface area contributed by atoms with Gasteiger partial charge in [0.1, 0.15) is 5.82 Å². The first-order valence-corrected chi connectivity index (χ1v) is 6.46. The molecule has 0 aliphatic carbocycles. The number of aryl methyl sites for hydroxylation is 1. The minimum absolute atomic E-state index is 0.918. The lowest BCUT2D eigenvalue weighted by Crippen LogP contribution is -2.11. The van der Waals surface area contributed by atoms with Gasteiger partial charge in [0.05, 0.1) is 5.69 Å². The molecule has 0 fully saturated rings. The molecule has 90 valence electrons. The maximum atomic E-state index is 4.65. The summed E-state index contributed by atoms with van der Waals surface area (Å²) in [6, 6.07) is 8.16. The maximum absolute atomic E-state index is 4.65. The van der Waals surface area contributed by atoms with E-state index in [1.54, 1.807) is 0 Å². The molecule has 17 heavy (non-hydrogen) atoms. The minimum Gasteiger partial charge on any atom is -0.346 e. The van der Waals surface area contributed by atoms with Crippen molar-refractivity contribution in [2.45, 2.75) is 13.3 Å². The molecule has 0 radical (unpaired) electrons. The third kappa shape index (κ3) is 2.76. The van der Waals surface area contributed by atoms with Crippen molar-refractivity contribution in [2.24, 2.45) is 0 Å². The Kier molecular flexibility index (Phi) is 3.97. The Labute approximate surface area is 110 Å². The smallest absolute Gasteiger partial charge is 0.108 e. The monoisotopic (exact) mass is 293 g/mol. The van der Waals surface area contributed by atoms with Crippen LogP contribution in [0, 0.1) is 6.92 Å². The molecule has 4 heteroatoms. The van der Waals surface area contributed by atoms with Crippen molar-refractivity contribution < 1.29 is 0 Å². The van der Waals surface area contributed by atoms with E-state index in [1.165, 1.54) is 0 Å². The van der Waals surface area contributed by atoms with E-state index in [0.717, 1.165) is 40.2 Å². The lowest BCUT2D eigenvalue weighted by atomic mass is 10.1. The number of hydrogen-bond donors (Lipinski definition) is 2. The average Bonchev–Trinajstić information content (AvgIpc) is 2.68. The second kappa shape index (κ2) is 5.47. The molecule has 1 aromatic carbocycles. The molecule has 3 nitrogen and oxygen atoms in total. The van der Waals surface area contributed by atoms with Gasteiger partial charge in [-0.3, -0.25) is 0 Å². The fourth-order valence-corrected chi connectivity index (χ4v) is 2.27. The van der Waals surface area contributed by atoms with E-state index < -0.39 is 0 Å². The van der Waals surface area contributed by atoms with E-state index in [-0.39, 0.29) is 0 Å². The van der Waals surface area contributed by atoms with Gasteiger partial charge < -0.3 is 10.3 Å². The second-order valence-electron chi connectivity index (χ2n) is 3.99. The van der Waals surface area contributed by atoms with Crippen molar-refractivity contribution in [1.82, 2.24) is 15.3 Å². The fraction of sp³-hybridized carbons (Fsp3) is 0.308. The highest BCUT2D eigenvalue weighted by Gasteiger charge is 2.10. The molecule has 1 aromatic heterocycles. The largest absolute Gasteiger partial charge is 0.346 e. The Morgan fingerprint density at radius 1 is 1.35 bits per heavy atom. The Balaban J connectivity index is 2.33. The van der Waals surface area contributed by atoms with Crippen LogP contribution in [0.5, 0.6) is 0 Å². The van der Waals surface area contributed by atoms with Gasteiger partial charge in [-0.1, -0.05) is 34.1 Å². The maximum Gasteiger partial charge on any atom is 0.108 e. The molecule has 0 unspecified atom stereocenters.